The zero-order valence-corrected chi connectivity index (χ0v) is 18.3. The van der Waals surface area contributed by atoms with E-state index < -0.39 is 0 Å². The van der Waals surface area contributed by atoms with E-state index in [4.69, 9.17) is 9.47 Å². The molecule has 1 saturated carbocycles. The highest BCUT2D eigenvalue weighted by atomic mass is 16.6. The van der Waals surface area contributed by atoms with Gasteiger partial charge in [0, 0.05) is 12.0 Å². The number of carbonyl (C=O) groups excluding carboxylic acids is 1. The molecule has 1 aromatic rings. The second-order valence-corrected chi connectivity index (χ2v) is 8.95. The van der Waals surface area contributed by atoms with Gasteiger partial charge in [-0.1, -0.05) is 64.7 Å². The summed E-state index contributed by atoms with van der Waals surface area (Å²) in [6, 6.07) is 8.63. The molecule has 1 aliphatic heterocycles. The number of benzene rings is 1. The van der Waals surface area contributed by atoms with Crippen molar-refractivity contribution in [2.45, 2.75) is 103 Å². The molecule has 2 atom stereocenters. The highest BCUT2D eigenvalue weighted by Crippen LogP contribution is 2.38. The van der Waals surface area contributed by atoms with E-state index in [2.05, 4.69) is 44.7 Å². The minimum atomic E-state index is -0.284. The normalized spacial score (nSPS) is 25.7. The maximum atomic E-state index is 11.6. The van der Waals surface area contributed by atoms with Crippen molar-refractivity contribution in [1.29, 1.82) is 0 Å². The van der Waals surface area contributed by atoms with Crippen molar-refractivity contribution in [3.63, 3.8) is 0 Å². The number of cyclic esters (lactones) is 1. The summed E-state index contributed by atoms with van der Waals surface area (Å²) in [5.74, 6) is 2.21. The Kier molecular flexibility index (Phi) is 8.20. The molecule has 0 N–H and O–H groups in total. The molecule has 1 aromatic carbocycles. The van der Waals surface area contributed by atoms with Crippen molar-refractivity contribution < 1.29 is 14.3 Å². The first-order valence-corrected chi connectivity index (χ1v) is 11.8. The van der Waals surface area contributed by atoms with Crippen LogP contribution < -0.4 is 4.74 Å². The molecule has 0 bridgehead atoms. The van der Waals surface area contributed by atoms with Crippen molar-refractivity contribution in [3.8, 4) is 5.75 Å². The maximum Gasteiger partial charge on any atom is 0.333 e. The predicted octanol–water partition coefficient (Wildman–Crippen LogP) is 6.96. The second-order valence-electron chi connectivity index (χ2n) is 8.95. The molecular weight excluding hydrogens is 360 g/mol. The van der Waals surface area contributed by atoms with Crippen LogP contribution in [0.4, 0.5) is 0 Å². The fourth-order valence-corrected chi connectivity index (χ4v) is 4.86. The largest absolute Gasteiger partial charge is 0.487 e. The van der Waals surface area contributed by atoms with Gasteiger partial charge < -0.3 is 9.47 Å². The zero-order valence-electron chi connectivity index (χ0n) is 18.3. The minimum Gasteiger partial charge on any atom is -0.487 e. The maximum absolute atomic E-state index is 11.6. The first-order valence-electron chi connectivity index (χ1n) is 11.8. The summed E-state index contributed by atoms with van der Waals surface area (Å²) in [6.07, 6.45) is 13.4. The summed E-state index contributed by atoms with van der Waals surface area (Å²) in [5, 5.41) is 0. The predicted molar refractivity (Wildman–Crippen MR) is 118 cm³/mol. The van der Waals surface area contributed by atoms with Crippen LogP contribution in [0.3, 0.4) is 0 Å². The van der Waals surface area contributed by atoms with Crippen LogP contribution >= 0.6 is 0 Å². The van der Waals surface area contributed by atoms with E-state index >= 15 is 0 Å². The summed E-state index contributed by atoms with van der Waals surface area (Å²) < 4.78 is 11.6. The number of hydrogen-bond acceptors (Lipinski definition) is 3. The van der Waals surface area contributed by atoms with Gasteiger partial charge in [0.15, 0.2) is 0 Å². The van der Waals surface area contributed by atoms with Crippen LogP contribution in [0.25, 0.3) is 0 Å². The smallest absolute Gasteiger partial charge is 0.333 e. The van der Waals surface area contributed by atoms with Gasteiger partial charge in [-0.2, -0.15) is 0 Å². The number of rotatable bonds is 10. The molecule has 3 heteroatoms. The van der Waals surface area contributed by atoms with Crippen LogP contribution in [0.2, 0.25) is 0 Å². The Morgan fingerprint density at radius 3 is 2.38 bits per heavy atom. The molecule has 2 aliphatic rings. The van der Waals surface area contributed by atoms with E-state index in [1.807, 2.05) is 0 Å². The summed E-state index contributed by atoms with van der Waals surface area (Å²) in [7, 11) is 0. The number of ether oxygens (including phenoxy) is 2. The van der Waals surface area contributed by atoms with E-state index in [1.54, 1.807) is 0 Å². The summed E-state index contributed by atoms with van der Waals surface area (Å²) in [6.45, 7) is 8.12. The topological polar surface area (TPSA) is 35.5 Å². The quantitative estimate of drug-likeness (QED) is 0.243. The fourth-order valence-electron chi connectivity index (χ4n) is 4.86. The van der Waals surface area contributed by atoms with Crippen LogP contribution in [0.1, 0.15) is 96.0 Å². The Bertz CT molecular complexity index is 639. The lowest BCUT2D eigenvalue weighted by Crippen LogP contribution is -2.31. The van der Waals surface area contributed by atoms with Gasteiger partial charge in [0.05, 0.1) is 0 Å². The van der Waals surface area contributed by atoms with E-state index in [1.165, 1.54) is 63.4 Å². The van der Waals surface area contributed by atoms with Gasteiger partial charge >= 0.3 is 5.97 Å². The van der Waals surface area contributed by atoms with Gasteiger partial charge in [-0.3, -0.25) is 0 Å². The van der Waals surface area contributed by atoms with E-state index in [9.17, 15) is 4.79 Å². The molecule has 0 radical (unpaired) electrons. The Morgan fingerprint density at radius 1 is 1.07 bits per heavy atom. The summed E-state index contributed by atoms with van der Waals surface area (Å²) in [5.41, 5.74) is 1.99. The van der Waals surface area contributed by atoms with Gasteiger partial charge in [0.2, 0.25) is 0 Å². The van der Waals surface area contributed by atoms with Crippen LogP contribution in [0.15, 0.2) is 36.4 Å². The lowest BCUT2D eigenvalue weighted by atomic mass is 9.77. The molecular formula is C26H38O3. The second kappa shape index (κ2) is 10.8. The van der Waals surface area contributed by atoms with Crippen molar-refractivity contribution >= 4 is 5.97 Å². The lowest BCUT2D eigenvalue weighted by molar-refractivity contribution is -0.142. The molecule has 0 aromatic heterocycles. The summed E-state index contributed by atoms with van der Waals surface area (Å²) >= 11 is 0. The molecule has 3 nitrogen and oxygen atoms in total. The van der Waals surface area contributed by atoms with Gasteiger partial charge in [0.25, 0.3) is 0 Å². The number of hydrogen-bond donors (Lipinski definition) is 0. The summed E-state index contributed by atoms with van der Waals surface area (Å²) in [4.78, 5) is 11.6. The number of carbonyl (C=O) groups is 1. The Hall–Kier alpha value is -1.77. The standard InChI is InChI=1S/C26H38O3/c1-4-6-7-8-9-20-10-12-21(13-11-20)22-14-16-23(17-15-22)28-24(5-2)25-18-19(3)26(27)29-25/h14-17,20-21,24-25H,3-13,18H2,1-2H3. The third-order valence-corrected chi connectivity index (χ3v) is 6.76. The molecule has 1 saturated heterocycles. The average molecular weight is 399 g/mol. The third kappa shape index (κ3) is 6.10. The molecule has 1 heterocycles. The molecule has 1 aliphatic carbocycles. The lowest BCUT2D eigenvalue weighted by Gasteiger charge is -2.29. The molecule has 2 unspecified atom stereocenters. The van der Waals surface area contributed by atoms with Crippen LogP contribution in [0, 0.1) is 5.92 Å². The number of esters is 1. The number of unbranched alkanes of at least 4 members (excludes halogenated alkanes) is 3. The SMILES string of the molecule is C=C1CC(C(CC)Oc2ccc(C3CCC(CCCCCC)CC3)cc2)OC1=O. The van der Waals surface area contributed by atoms with Crippen LogP contribution in [-0.2, 0) is 9.53 Å². The van der Waals surface area contributed by atoms with Gasteiger partial charge in [-0.25, -0.2) is 4.79 Å². The molecule has 29 heavy (non-hydrogen) atoms. The first-order chi connectivity index (χ1) is 14.1. The molecule has 3 rings (SSSR count). The zero-order chi connectivity index (χ0) is 20.6. The molecule has 0 spiro atoms. The Morgan fingerprint density at radius 2 is 1.79 bits per heavy atom. The fraction of sp³-hybridized carbons (Fsp3) is 0.654. The molecule has 2 fully saturated rings. The molecule has 160 valence electrons. The van der Waals surface area contributed by atoms with Gasteiger partial charge in [-0.05, 0) is 61.6 Å². The van der Waals surface area contributed by atoms with Gasteiger partial charge in [-0.15, -0.1) is 0 Å². The van der Waals surface area contributed by atoms with Crippen LogP contribution in [-0.4, -0.2) is 18.2 Å². The van der Waals surface area contributed by atoms with Crippen molar-refractivity contribution in [2.75, 3.05) is 0 Å². The minimum absolute atomic E-state index is 0.118. The van der Waals surface area contributed by atoms with Gasteiger partial charge in [0.1, 0.15) is 18.0 Å². The third-order valence-electron chi connectivity index (χ3n) is 6.76. The highest BCUT2D eigenvalue weighted by Gasteiger charge is 2.34. The van der Waals surface area contributed by atoms with Crippen molar-refractivity contribution in [3.05, 3.63) is 42.0 Å². The van der Waals surface area contributed by atoms with E-state index in [0.29, 0.717) is 17.9 Å². The Labute approximate surface area is 176 Å². The van der Waals surface area contributed by atoms with E-state index in [0.717, 1.165) is 18.1 Å². The molecule has 0 amide bonds. The first kappa shape index (κ1) is 21.9. The monoisotopic (exact) mass is 398 g/mol. The van der Waals surface area contributed by atoms with E-state index in [-0.39, 0.29) is 18.2 Å². The Balaban J connectivity index is 1.46. The van der Waals surface area contributed by atoms with Crippen molar-refractivity contribution in [2.24, 2.45) is 5.92 Å². The average Bonchev–Trinajstić information content (AvgIpc) is 3.08. The highest BCUT2D eigenvalue weighted by molar-refractivity contribution is 5.90. The van der Waals surface area contributed by atoms with Crippen LogP contribution in [0.5, 0.6) is 5.75 Å². The van der Waals surface area contributed by atoms with Crippen molar-refractivity contribution in [1.82, 2.24) is 0 Å².